The third-order valence-corrected chi connectivity index (χ3v) is 4.99. The molecular formula is C24H21N5O3. The average molecular weight is 427 g/mol. The topological polar surface area (TPSA) is 129 Å². The van der Waals surface area contributed by atoms with Gasteiger partial charge in [0.25, 0.3) is 5.91 Å². The number of rotatable bonds is 5. The number of nitrogens with two attached hydrogens (primary N) is 1. The van der Waals surface area contributed by atoms with Gasteiger partial charge >= 0.3 is 6.03 Å². The van der Waals surface area contributed by atoms with Gasteiger partial charge in [0, 0.05) is 29.4 Å². The molecule has 8 heteroatoms. The minimum absolute atomic E-state index is 0.229. The van der Waals surface area contributed by atoms with Gasteiger partial charge in [-0.2, -0.15) is 0 Å². The average Bonchev–Trinajstić information content (AvgIpc) is 2.83. The van der Waals surface area contributed by atoms with Gasteiger partial charge in [0.15, 0.2) is 0 Å². The molecule has 1 heterocycles. The predicted molar refractivity (Wildman–Crippen MR) is 123 cm³/mol. The zero-order valence-corrected chi connectivity index (χ0v) is 17.0. The number of aromatic nitrogens is 1. The Balaban J connectivity index is 1.52. The van der Waals surface area contributed by atoms with Crippen LogP contribution in [0.3, 0.4) is 0 Å². The molecule has 0 saturated carbocycles. The molecular weight excluding hydrogens is 406 g/mol. The van der Waals surface area contributed by atoms with Gasteiger partial charge in [-0.1, -0.05) is 36.4 Å². The Morgan fingerprint density at radius 3 is 2.53 bits per heavy atom. The van der Waals surface area contributed by atoms with E-state index >= 15 is 0 Å². The molecule has 0 fully saturated rings. The molecule has 0 unspecified atom stereocenters. The fourth-order valence-electron chi connectivity index (χ4n) is 3.42. The van der Waals surface area contributed by atoms with Crippen molar-refractivity contribution in [1.29, 1.82) is 0 Å². The summed E-state index contributed by atoms with van der Waals surface area (Å²) in [6.45, 7) is 0.229. The van der Waals surface area contributed by atoms with Crippen molar-refractivity contribution < 1.29 is 14.8 Å². The van der Waals surface area contributed by atoms with Crippen molar-refractivity contribution in [2.45, 2.75) is 6.54 Å². The maximum absolute atomic E-state index is 12.5. The van der Waals surface area contributed by atoms with Crippen molar-refractivity contribution in [3.8, 4) is 11.1 Å². The van der Waals surface area contributed by atoms with E-state index in [1.165, 1.54) is 0 Å². The monoisotopic (exact) mass is 427 g/mol. The normalized spacial score (nSPS) is 10.5. The molecule has 0 bridgehead atoms. The molecule has 32 heavy (non-hydrogen) atoms. The number of carbonyl (C=O) groups is 2. The molecule has 4 aromatic rings. The summed E-state index contributed by atoms with van der Waals surface area (Å²) in [7, 11) is 0. The first-order valence-corrected chi connectivity index (χ1v) is 9.87. The van der Waals surface area contributed by atoms with Crippen molar-refractivity contribution in [1.82, 2.24) is 15.8 Å². The molecule has 0 aliphatic carbocycles. The lowest BCUT2D eigenvalue weighted by atomic mass is 9.96. The number of benzene rings is 3. The summed E-state index contributed by atoms with van der Waals surface area (Å²) in [5.41, 5.74) is 11.8. The minimum atomic E-state index is -0.627. The summed E-state index contributed by atoms with van der Waals surface area (Å²) in [6, 6.07) is 21.1. The van der Waals surface area contributed by atoms with E-state index in [9.17, 15) is 9.59 Å². The maximum atomic E-state index is 12.5. The molecule has 6 N–H and O–H groups in total. The van der Waals surface area contributed by atoms with E-state index in [2.05, 4.69) is 15.6 Å². The molecule has 3 aromatic carbocycles. The lowest BCUT2D eigenvalue weighted by molar-refractivity contribution is 0.0707. The molecule has 1 aromatic heterocycles. The standard InChI is InChI=1S/C24H21N5O3/c25-18-9-7-16(8-10-18)20-13-15(6-11-19(20)23(30)29-32)14-27-24(31)28-21-5-1-3-17-4-2-12-26-22(17)21/h1-13,32H,14,25H2,(H,29,30)(H2,27,28,31). The summed E-state index contributed by atoms with van der Waals surface area (Å²) in [4.78, 5) is 28.9. The lowest BCUT2D eigenvalue weighted by Crippen LogP contribution is -2.28. The van der Waals surface area contributed by atoms with Gasteiger partial charge in [-0.25, -0.2) is 10.3 Å². The molecule has 0 aliphatic rings. The number of anilines is 2. The summed E-state index contributed by atoms with van der Waals surface area (Å²) in [5.74, 6) is -0.627. The second kappa shape index (κ2) is 9.15. The SMILES string of the molecule is Nc1ccc(-c2cc(CNC(=O)Nc3cccc4cccnc34)ccc2C(=O)NO)cc1. The van der Waals surface area contributed by atoms with E-state index in [4.69, 9.17) is 10.9 Å². The van der Waals surface area contributed by atoms with Crippen LogP contribution in [-0.4, -0.2) is 22.1 Å². The van der Waals surface area contributed by atoms with Crippen molar-refractivity contribution in [3.05, 3.63) is 90.1 Å². The highest BCUT2D eigenvalue weighted by atomic mass is 16.5. The van der Waals surface area contributed by atoms with Gasteiger partial charge in [-0.15, -0.1) is 0 Å². The molecule has 0 aliphatic heterocycles. The smallest absolute Gasteiger partial charge is 0.319 e. The van der Waals surface area contributed by atoms with Crippen molar-refractivity contribution in [2.75, 3.05) is 11.1 Å². The highest BCUT2D eigenvalue weighted by molar-refractivity contribution is 6.01. The second-order valence-corrected chi connectivity index (χ2v) is 7.13. The van der Waals surface area contributed by atoms with E-state index in [1.54, 1.807) is 60.2 Å². The number of hydrogen-bond donors (Lipinski definition) is 5. The molecule has 4 rings (SSSR count). The van der Waals surface area contributed by atoms with E-state index in [1.807, 2.05) is 24.3 Å². The van der Waals surface area contributed by atoms with Crippen LogP contribution in [0.2, 0.25) is 0 Å². The van der Waals surface area contributed by atoms with Crippen molar-refractivity contribution >= 4 is 34.2 Å². The van der Waals surface area contributed by atoms with Gasteiger partial charge in [-0.05, 0) is 53.1 Å². The van der Waals surface area contributed by atoms with Crippen LogP contribution in [0.4, 0.5) is 16.2 Å². The fourth-order valence-corrected chi connectivity index (χ4v) is 3.42. The Morgan fingerprint density at radius 2 is 1.75 bits per heavy atom. The van der Waals surface area contributed by atoms with Gasteiger partial charge in [0.1, 0.15) is 0 Å². The van der Waals surface area contributed by atoms with Crippen molar-refractivity contribution in [2.24, 2.45) is 0 Å². The number of fused-ring (bicyclic) bond motifs is 1. The van der Waals surface area contributed by atoms with Crippen LogP contribution in [0.1, 0.15) is 15.9 Å². The van der Waals surface area contributed by atoms with E-state index < -0.39 is 5.91 Å². The van der Waals surface area contributed by atoms with Gasteiger partial charge in [-0.3, -0.25) is 15.0 Å². The van der Waals surface area contributed by atoms with Crippen LogP contribution >= 0.6 is 0 Å². The Bertz CT molecular complexity index is 1280. The number of hydrogen-bond acceptors (Lipinski definition) is 5. The summed E-state index contributed by atoms with van der Waals surface area (Å²) in [6.07, 6.45) is 1.67. The number of urea groups is 1. The number of nitrogens with one attached hydrogen (secondary N) is 3. The van der Waals surface area contributed by atoms with Crippen LogP contribution in [-0.2, 0) is 6.54 Å². The van der Waals surface area contributed by atoms with E-state index in [0.717, 1.165) is 16.5 Å². The number of pyridine rings is 1. The molecule has 8 nitrogen and oxygen atoms in total. The Kier molecular flexibility index (Phi) is 5.96. The minimum Gasteiger partial charge on any atom is -0.399 e. The first-order chi connectivity index (χ1) is 15.5. The maximum Gasteiger partial charge on any atom is 0.319 e. The molecule has 0 saturated heterocycles. The van der Waals surface area contributed by atoms with Gasteiger partial charge in [0.05, 0.1) is 11.2 Å². The molecule has 0 spiro atoms. The quantitative estimate of drug-likeness (QED) is 0.187. The Labute approximate surface area is 184 Å². The summed E-state index contributed by atoms with van der Waals surface area (Å²) in [5, 5.41) is 15.6. The van der Waals surface area contributed by atoms with Crippen molar-refractivity contribution in [3.63, 3.8) is 0 Å². The molecule has 0 radical (unpaired) electrons. The number of amides is 3. The van der Waals surface area contributed by atoms with Crippen LogP contribution in [0.5, 0.6) is 0 Å². The van der Waals surface area contributed by atoms with Crippen LogP contribution in [0.15, 0.2) is 79.0 Å². The highest BCUT2D eigenvalue weighted by Crippen LogP contribution is 2.26. The van der Waals surface area contributed by atoms with Crippen LogP contribution in [0, 0.1) is 0 Å². The number of para-hydroxylation sites is 1. The molecule has 160 valence electrons. The molecule has 3 amide bonds. The third kappa shape index (κ3) is 4.50. The first kappa shape index (κ1) is 20.8. The van der Waals surface area contributed by atoms with Crippen LogP contribution in [0.25, 0.3) is 22.0 Å². The number of nitrogen functional groups attached to an aromatic ring is 1. The zero-order valence-electron chi connectivity index (χ0n) is 17.0. The van der Waals surface area contributed by atoms with Crippen LogP contribution < -0.4 is 21.8 Å². The predicted octanol–water partition coefficient (Wildman–Crippen LogP) is 3.92. The summed E-state index contributed by atoms with van der Waals surface area (Å²) < 4.78 is 0. The summed E-state index contributed by atoms with van der Waals surface area (Å²) >= 11 is 0. The first-order valence-electron chi connectivity index (χ1n) is 9.87. The largest absolute Gasteiger partial charge is 0.399 e. The van der Waals surface area contributed by atoms with Gasteiger partial charge in [0.2, 0.25) is 0 Å². The zero-order chi connectivity index (χ0) is 22.5. The second-order valence-electron chi connectivity index (χ2n) is 7.13. The number of hydroxylamine groups is 1. The van der Waals surface area contributed by atoms with E-state index in [0.29, 0.717) is 28.0 Å². The fraction of sp³-hybridized carbons (Fsp3) is 0.0417. The highest BCUT2D eigenvalue weighted by Gasteiger charge is 2.14. The third-order valence-electron chi connectivity index (χ3n) is 4.99. The lowest BCUT2D eigenvalue weighted by Gasteiger charge is -2.13. The Hall–Kier alpha value is -4.43. The number of carbonyl (C=O) groups excluding carboxylic acids is 2. The number of nitrogens with zero attached hydrogens (tertiary/aromatic N) is 1. The van der Waals surface area contributed by atoms with Gasteiger partial charge < -0.3 is 16.4 Å². The Morgan fingerprint density at radius 1 is 0.969 bits per heavy atom. The van der Waals surface area contributed by atoms with E-state index in [-0.39, 0.29) is 12.6 Å². The molecule has 0 atom stereocenters.